The quantitative estimate of drug-likeness (QED) is 0.837. The van der Waals surface area contributed by atoms with Gasteiger partial charge < -0.3 is 19.5 Å². The fourth-order valence-corrected chi connectivity index (χ4v) is 2.95. The second-order valence-corrected chi connectivity index (χ2v) is 6.02. The number of nitrogens with zero attached hydrogens (tertiary/aromatic N) is 2. The molecule has 1 aliphatic rings. The van der Waals surface area contributed by atoms with Crippen LogP contribution in [0.1, 0.15) is 6.92 Å². The SMILES string of the molecule is COc1cc(N2CC(CNC(C)=O)OC2=O)cc(OC)c1-c1cccnc1. The third kappa shape index (κ3) is 3.94. The molecule has 1 saturated heterocycles. The van der Waals surface area contributed by atoms with Crippen LogP contribution in [0.25, 0.3) is 11.1 Å². The van der Waals surface area contributed by atoms with Crippen molar-refractivity contribution >= 4 is 17.7 Å². The number of aromatic nitrogens is 1. The number of pyridine rings is 1. The van der Waals surface area contributed by atoms with Crippen LogP contribution in [0.4, 0.5) is 10.5 Å². The van der Waals surface area contributed by atoms with Crippen LogP contribution in [0, 0.1) is 0 Å². The first kappa shape index (κ1) is 18.5. The van der Waals surface area contributed by atoms with Gasteiger partial charge in [-0.3, -0.25) is 14.7 Å². The number of hydrogen-bond donors (Lipinski definition) is 1. The van der Waals surface area contributed by atoms with Crippen LogP contribution in [0.15, 0.2) is 36.7 Å². The number of nitrogens with one attached hydrogen (secondary N) is 1. The van der Waals surface area contributed by atoms with E-state index < -0.39 is 12.2 Å². The van der Waals surface area contributed by atoms with Crippen molar-refractivity contribution in [1.82, 2.24) is 10.3 Å². The smallest absolute Gasteiger partial charge is 0.414 e. The third-order valence-corrected chi connectivity index (χ3v) is 4.21. The number of hydrogen-bond acceptors (Lipinski definition) is 6. The molecule has 1 unspecified atom stereocenters. The topological polar surface area (TPSA) is 90.0 Å². The van der Waals surface area contributed by atoms with Gasteiger partial charge in [0.05, 0.1) is 38.6 Å². The fourth-order valence-electron chi connectivity index (χ4n) is 2.95. The molecule has 2 heterocycles. The Morgan fingerprint density at radius 3 is 2.59 bits per heavy atom. The van der Waals surface area contributed by atoms with E-state index in [1.165, 1.54) is 11.8 Å². The summed E-state index contributed by atoms with van der Waals surface area (Å²) < 4.78 is 16.4. The lowest BCUT2D eigenvalue weighted by Gasteiger charge is -2.19. The Labute approximate surface area is 157 Å². The van der Waals surface area contributed by atoms with Crippen molar-refractivity contribution in [1.29, 1.82) is 0 Å². The molecule has 0 saturated carbocycles. The molecule has 3 rings (SSSR count). The van der Waals surface area contributed by atoms with Gasteiger partial charge in [-0.25, -0.2) is 4.79 Å². The Bertz CT molecular complexity index is 815. The van der Waals surface area contributed by atoms with Gasteiger partial charge in [-0.1, -0.05) is 6.07 Å². The molecule has 2 aromatic rings. The zero-order valence-corrected chi connectivity index (χ0v) is 15.4. The Morgan fingerprint density at radius 2 is 2.04 bits per heavy atom. The van der Waals surface area contributed by atoms with Crippen molar-refractivity contribution in [2.24, 2.45) is 0 Å². The van der Waals surface area contributed by atoms with Crippen LogP contribution in [0.2, 0.25) is 0 Å². The molecule has 1 fully saturated rings. The Hall–Kier alpha value is -3.29. The molecule has 1 aromatic carbocycles. The summed E-state index contributed by atoms with van der Waals surface area (Å²) in [6.45, 7) is 2.00. The van der Waals surface area contributed by atoms with E-state index in [1.54, 1.807) is 38.7 Å². The molecular formula is C19H21N3O5. The van der Waals surface area contributed by atoms with Crippen LogP contribution in [0.5, 0.6) is 11.5 Å². The van der Waals surface area contributed by atoms with Crippen LogP contribution < -0.4 is 19.7 Å². The number of carbonyl (C=O) groups is 2. The highest BCUT2D eigenvalue weighted by molar-refractivity contribution is 5.92. The maximum atomic E-state index is 12.3. The molecule has 1 N–H and O–H groups in total. The van der Waals surface area contributed by atoms with Crippen LogP contribution in [0.3, 0.4) is 0 Å². The highest BCUT2D eigenvalue weighted by atomic mass is 16.6. The van der Waals surface area contributed by atoms with Crippen molar-refractivity contribution in [2.75, 3.05) is 32.2 Å². The van der Waals surface area contributed by atoms with Gasteiger partial charge in [-0.2, -0.15) is 0 Å². The largest absolute Gasteiger partial charge is 0.496 e. The molecule has 0 radical (unpaired) electrons. The summed E-state index contributed by atoms with van der Waals surface area (Å²) in [5, 5.41) is 2.66. The highest BCUT2D eigenvalue weighted by Gasteiger charge is 2.33. The van der Waals surface area contributed by atoms with E-state index in [4.69, 9.17) is 14.2 Å². The fraction of sp³-hybridized carbons (Fsp3) is 0.316. The first-order valence-corrected chi connectivity index (χ1v) is 8.42. The number of anilines is 1. The summed E-state index contributed by atoms with van der Waals surface area (Å²) >= 11 is 0. The lowest BCUT2D eigenvalue weighted by molar-refractivity contribution is -0.119. The van der Waals surface area contributed by atoms with Gasteiger partial charge in [-0.15, -0.1) is 0 Å². The summed E-state index contributed by atoms with van der Waals surface area (Å²) in [4.78, 5) is 29.0. The van der Waals surface area contributed by atoms with Gasteiger partial charge in [-0.05, 0) is 6.07 Å². The standard InChI is InChI=1S/C19H21N3O5/c1-12(23)21-10-15-11-22(19(24)27-15)14-7-16(25-2)18(17(8-14)26-3)13-5-4-6-20-9-13/h4-9,15H,10-11H2,1-3H3,(H,21,23). The molecule has 2 amide bonds. The molecule has 0 aliphatic carbocycles. The zero-order chi connectivity index (χ0) is 19.4. The summed E-state index contributed by atoms with van der Waals surface area (Å²) in [6.07, 6.45) is 2.50. The Morgan fingerprint density at radius 1 is 1.33 bits per heavy atom. The first-order valence-electron chi connectivity index (χ1n) is 8.42. The summed E-state index contributed by atoms with van der Waals surface area (Å²) in [5.74, 6) is 0.930. The second kappa shape index (κ2) is 7.94. The summed E-state index contributed by atoms with van der Waals surface area (Å²) in [6, 6.07) is 7.24. The highest BCUT2D eigenvalue weighted by Crippen LogP contribution is 2.42. The average molecular weight is 371 g/mol. The first-order chi connectivity index (χ1) is 13.0. The van der Waals surface area contributed by atoms with Crippen molar-refractivity contribution in [3.63, 3.8) is 0 Å². The van der Waals surface area contributed by atoms with E-state index in [2.05, 4.69) is 10.3 Å². The lowest BCUT2D eigenvalue weighted by atomic mass is 10.0. The van der Waals surface area contributed by atoms with Crippen molar-refractivity contribution in [2.45, 2.75) is 13.0 Å². The molecule has 0 bridgehead atoms. The molecule has 1 aromatic heterocycles. The molecule has 0 spiro atoms. The van der Waals surface area contributed by atoms with Gasteiger partial charge in [0.1, 0.15) is 17.6 Å². The van der Waals surface area contributed by atoms with Crippen LogP contribution in [-0.2, 0) is 9.53 Å². The monoisotopic (exact) mass is 371 g/mol. The predicted molar refractivity (Wildman–Crippen MR) is 99.1 cm³/mol. The third-order valence-electron chi connectivity index (χ3n) is 4.21. The Kier molecular flexibility index (Phi) is 5.44. The number of methoxy groups -OCH3 is 2. The van der Waals surface area contributed by atoms with Gasteiger partial charge in [0.25, 0.3) is 0 Å². The lowest BCUT2D eigenvalue weighted by Crippen LogP contribution is -2.33. The van der Waals surface area contributed by atoms with E-state index in [0.717, 1.165) is 11.1 Å². The number of rotatable bonds is 6. The number of carbonyl (C=O) groups excluding carboxylic acids is 2. The van der Waals surface area contributed by atoms with E-state index in [9.17, 15) is 9.59 Å². The number of cyclic esters (lactones) is 1. The summed E-state index contributed by atoms with van der Waals surface area (Å²) in [7, 11) is 3.11. The molecule has 142 valence electrons. The maximum Gasteiger partial charge on any atom is 0.414 e. The zero-order valence-electron chi connectivity index (χ0n) is 15.4. The number of benzene rings is 1. The van der Waals surface area contributed by atoms with Gasteiger partial charge in [0.2, 0.25) is 5.91 Å². The predicted octanol–water partition coefficient (Wildman–Crippen LogP) is 2.23. The summed E-state index contributed by atoms with van der Waals surface area (Å²) in [5.41, 5.74) is 2.18. The average Bonchev–Trinajstić information content (AvgIpc) is 3.06. The van der Waals surface area contributed by atoms with Crippen LogP contribution >= 0.6 is 0 Å². The van der Waals surface area contributed by atoms with Gasteiger partial charge >= 0.3 is 6.09 Å². The van der Waals surface area contributed by atoms with Crippen molar-refractivity contribution in [3.8, 4) is 22.6 Å². The minimum atomic E-state index is -0.483. The molecule has 1 atom stereocenters. The minimum absolute atomic E-state index is 0.173. The molecule has 8 nitrogen and oxygen atoms in total. The molecular weight excluding hydrogens is 350 g/mol. The van der Waals surface area contributed by atoms with Crippen molar-refractivity contribution in [3.05, 3.63) is 36.7 Å². The number of ether oxygens (including phenoxy) is 3. The van der Waals surface area contributed by atoms with Crippen molar-refractivity contribution < 1.29 is 23.8 Å². The molecule has 8 heteroatoms. The molecule has 1 aliphatic heterocycles. The van der Waals surface area contributed by atoms with Gasteiger partial charge in [0, 0.05) is 37.0 Å². The number of amides is 2. The normalized spacial score (nSPS) is 16.0. The van der Waals surface area contributed by atoms with E-state index in [-0.39, 0.29) is 12.5 Å². The van der Waals surface area contributed by atoms with E-state index in [0.29, 0.717) is 23.7 Å². The maximum absolute atomic E-state index is 12.3. The van der Waals surface area contributed by atoms with E-state index in [1.807, 2.05) is 12.1 Å². The second-order valence-electron chi connectivity index (χ2n) is 6.02. The van der Waals surface area contributed by atoms with Crippen LogP contribution in [-0.4, -0.2) is 50.4 Å². The minimum Gasteiger partial charge on any atom is -0.496 e. The van der Waals surface area contributed by atoms with Gasteiger partial charge in [0.15, 0.2) is 0 Å². The van der Waals surface area contributed by atoms with E-state index >= 15 is 0 Å². The Balaban J connectivity index is 1.93. The molecule has 27 heavy (non-hydrogen) atoms.